The zero-order chi connectivity index (χ0) is 19.0. The standard InChI is InChI=1S/C21H27N5O2/c27-20(25-12-14-28-15-13-25)24-9-6-21(7-10-24)19-22-16-18(26(19)11-8-23-21)17-4-2-1-3-5-17/h1-5,16,23H,6-15H2. The summed E-state index contributed by atoms with van der Waals surface area (Å²) in [4.78, 5) is 21.6. The number of hydrogen-bond donors (Lipinski definition) is 1. The van der Waals surface area contributed by atoms with Crippen molar-refractivity contribution in [2.75, 3.05) is 45.9 Å². The van der Waals surface area contributed by atoms with E-state index >= 15 is 0 Å². The Bertz CT molecular complexity index is 836. The Morgan fingerprint density at radius 3 is 2.46 bits per heavy atom. The molecule has 0 atom stereocenters. The van der Waals surface area contributed by atoms with Gasteiger partial charge in [-0.3, -0.25) is 0 Å². The Hall–Kier alpha value is -2.38. The van der Waals surface area contributed by atoms with E-state index in [1.54, 1.807) is 0 Å². The van der Waals surface area contributed by atoms with E-state index in [0.717, 1.165) is 44.8 Å². The molecule has 28 heavy (non-hydrogen) atoms. The molecule has 4 heterocycles. The van der Waals surface area contributed by atoms with Crippen LogP contribution in [0.1, 0.15) is 18.7 Å². The van der Waals surface area contributed by atoms with Gasteiger partial charge in [0.25, 0.3) is 0 Å². The molecule has 7 heteroatoms. The van der Waals surface area contributed by atoms with E-state index < -0.39 is 0 Å². The number of ether oxygens (including phenoxy) is 1. The maximum Gasteiger partial charge on any atom is 0.320 e. The fourth-order valence-electron chi connectivity index (χ4n) is 4.74. The monoisotopic (exact) mass is 381 g/mol. The van der Waals surface area contributed by atoms with Crippen LogP contribution in [0.15, 0.2) is 36.5 Å². The number of hydrogen-bond acceptors (Lipinski definition) is 4. The first-order valence-corrected chi connectivity index (χ1v) is 10.2. The number of likely N-dealkylation sites (tertiary alicyclic amines) is 1. The number of carbonyl (C=O) groups excluding carboxylic acids is 1. The third-order valence-electron chi connectivity index (χ3n) is 6.32. The predicted octanol–water partition coefficient (Wildman–Crippen LogP) is 1.90. The lowest BCUT2D eigenvalue weighted by Crippen LogP contribution is -2.58. The molecule has 5 rings (SSSR count). The quantitative estimate of drug-likeness (QED) is 0.820. The fraction of sp³-hybridized carbons (Fsp3) is 0.524. The number of piperidine rings is 1. The molecule has 0 unspecified atom stereocenters. The highest BCUT2D eigenvalue weighted by molar-refractivity contribution is 5.74. The number of urea groups is 1. The number of amides is 2. The molecular formula is C21H27N5O2. The van der Waals surface area contributed by atoms with E-state index in [9.17, 15) is 4.79 Å². The highest BCUT2D eigenvalue weighted by Crippen LogP contribution is 2.37. The van der Waals surface area contributed by atoms with Crippen LogP contribution in [0.3, 0.4) is 0 Å². The van der Waals surface area contributed by atoms with Gasteiger partial charge in [0.15, 0.2) is 0 Å². The fourth-order valence-corrected chi connectivity index (χ4v) is 4.74. The SMILES string of the molecule is O=C(N1CCOCC1)N1CCC2(CC1)NCCn1c(-c3ccccc3)cnc12. The van der Waals surface area contributed by atoms with Crippen LogP contribution in [0.5, 0.6) is 0 Å². The zero-order valence-electron chi connectivity index (χ0n) is 16.1. The van der Waals surface area contributed by atoms with Gasteiger partial charge in [0.1, 0.15) is 5.82 Å². The molecule has 3 aliphatic heterocycles. The summed E-state index contributed by atoms with van der Waals surface area (Å²) in [6, 6.07) is 10.6. The topological polar surface area (TPSA) is 62.6 Å². The number of rotatable bonds is 1. The number of fused-ring (bicyclic) bond motifs is 2. The molecule has 0 saturated carbocycles. The Kier molecular flexibility index (Phi) is 4.56. The average molecular weight is 381 g/mol. The van der Waals surface area contributed by atoms with E-state index in [0.29, 0.717) is 26.3 Å². The molecule has 2 fully saturated rings. The van der Waals surface area contributed by atoms with Crippen LogP contribution in [-0.4, -0.2) is 71.3 Å². The smallest absolute Gasteiger partial charge is 0.320 e. The predicted molar refractivity (Wildman–Crippen MR) is 106 cm³/mol. The highest BCUT2D eigenvalue weighted by Gasteiger charge is 2.43. The summed E-state index contributed by atoms with van der Waals surface area (Å²) in [5.74, 6) is 1.12. The van der Waals surface area contributed by atoms with Crippen molar-refractivity contribution in [1.82, 2.24) is 24.7 Å². The van der Waals surface area contributed by atoms with Crippen molar-refractivity contribution in [2.45, 2.75) is 24.9 Å². The number of aromatic nitrogens is 2. The van der Waals surface area contributed by atoms with Crippen molar-refractivity contribution in [2.24, 2.45) is 0 Å². The second kappa shape index (κ2) is 7.22. The van der Waals surface area contributed by atoms with E-state index in [1.807, 2.05) is 22.1 Å². The molecule has 0 bridgehead atoms. The van der Waals surface area contributed by atoms with Crippen molar-refractivity contribution in [3.63, 3.8) is 0 Å². The van der Waals surface area contributed by atoms with E-state index in [4.69, 9.17) is 9.72 Å². The van der Waals surface area contributed by atoms with Crippen molar-refractivity contribution < 1.29 is 9.53 Å². The Morgan fingerprint density at radius 1 is 1.00 bits per heavy atom. The van der Waals surface area contributed by atoms with Gasteiger partial charge in [-0.1, -0.05) is 30.3 Å². The summed E-state index contributed by atoms with van der Waals surface area (Å²) in [5, 5.41) is 3.74. The molecule has 2 saturated heterocycles. The molecule has 7 nitrogen and oxygen atoms in total. The number of nitrogens with one attached hydrogen (secondary N) is 1. The molecule has 1 spiro atoms. The van der Waals surface area contributed by atoms with Gasteiger partial charge in [-0.25, -0.2) is 9.78 Å². The Morgan fingerprint density at radius 2 is 1.71 bits per heavy atom. The maximum atomic E-state index is 12.8. The van der Waals surface area contributed by atoms with Gasteiger partial charge in [0.05, 0.1) is 30.6 Å². The maximum absolute atomic E-state index is 12.8. The first-order valence-electron chi connectivity index (χ1n) is 10.2. The largest absolute Gasteiger partial charge is 0.378 e. The van der Waals surface area contributed by atoms with Crippen LogP contribution in [-0.2, 0) is 16.8 Å². The van der Waals surface area contributed by atoms with Crippen LogP contribution >= 0.6 is 0 Å². The van der Waals surface area contributed by atoms with Gasteiger partial charge in [-0.2, -0.15) is 0 Å². The lowest BCUT2D eigenvalue weighted by molar-refractivity contribution is 0.0363. The minimum Gasteiger partial charge on any atom is -0.378 e. The summed E-state index contributed by atoms with van der Waals surface area (Å²) >= 11 is 0. The van der Waals surface area contributed by atoms with Gasteiger partial charge < -0.3 is 24.4 Å². The highest BCUT2D eigenvalue weighted by atomic mass is 16.5. The first kappa shape index (κ1) is 17.7. The van der Waals surface area contributed by atoms with Gasteiger partial charge in [-0.15, -0.1) is 0 Å². The van der Waals surface area contributed by atoms with Crippen LogP contribution in [0.25, 0.3) is 11.3 Å². The molecule has 0 aliphatic carbocycles. The van der Waals surface area contributed by atoms with E-state index in [1.165, 1.54) is 11.3 Å². The van der Waals surface area contributed by atoms with Gasteiger partial charge in [0, 0.05) is 39.3 Å². The molecule has 148 valence electrons. The van der Waals surface area contributed by atoms with Gasteiger partial charge in [0.2, 0.25) is 0 Å². The summed E-state index contributed by atoms with van der Waals surface area (Å²) < 4.78 is 7.74. The molecule has 3 aliphatic rings. The molecular weight excluding hydrogens is 354 g/mol. The lowest BCUT2D eigenvalue weighted by atomic mass is 9.85. The molecule has 2 aromatic rings. The summed E-state index contributed by atoms with van der Waals surface area (Å²) in [6.45, 7) is 6.06. The Balaban J connectivity index is 1.34. The van der Waals surface area contributed by atoms with E-state index in [-0.39, 0.29) is 11.6 Å². The minimum absolute atomic E-state index is 0.132. The second-order valence-electron chi connectivity index (χ2n) is 7.86. The Labute approximate surface area is 165 Å². The summed E-state index contributed by atoms with van der Waals surface area (Å²) in [7, 11) is 0. The first-order chi connectivity index (χ1) is 13.8. The molecule has 0 radical (unpaired) electrons. The van der Waals surface area contributed by atoms with Crippen molar-refractivity contribution in [3.05, 3.63) is 42.4 Å². The second-order valence-corrected chi connectivity index (χ2v) is 7.86. The van der Waals surface area contributed by atoms with Crippen LogP contribution in [0, 0.1) is 0 Å². The number of nitrogens with zero attached hydrogens (tertiary/aromatic N) is 4. The molecule has 1 aromatic heterocycles. The number of benzene rings is 1. The third-order valence-corrected chi connectivity index (χ3v) is 6.32. The molecule has 2 amide bonds. The number of imidazole rings is 1. The molecule has 1 N–H and O–H groups in total. The minimum atomic E-state index is -0.132. The average Bonchev–Trinajstić information content (AvgIpc) is 3.21. The molecule has 1 aromatic carbocycles. The lowest BCUT2D eigenvalue weighted by Gasteiger charge is -2.45. The van der Waals surface area contributed by atoms with Gasteiger partial charge in [-0.05, 0) is 18.4 Å². The van der Waals surface area contributed by atoms with Crippen LogP contribution in [0.4, 0.5) is 4.79 Å². The number of carbonyl (C=O) groups is 1. The van der Waals surface area contributed by atoms with E-state index in [2.05, 4.69) is 34.1 Å². The van der Waals surface area contributed by atoms with Crippen molar-refractivity contribution >= 4 is 6.03 Å². The summed E-state index contributed by atoms with van der Waals surface area (Å²) in [5.41, 5.74) is 2.26. The van der Waals surface area contributed by atoms with Crippen LogP contribution < -0.4 is 5.32 Å². The normalized spacial score (nSPS) is 21.6. The summed E-state index contributed by atoms with van der Waals surface area (Å²) in [6.07, 6.45) is 3.80. The van der Waals surface area contributed by atoms with Crippen LogP contribution in [0.2, 0.25) is 0 Å². The third kappa shape index (κ3) is 2.99. The van der Waals surface area contributed by atoms with Crippen molar-refractivity contribution in [3.8, 4) is 11.3 Å². The van der Waals surface area contributed by atoms with Crippen molar-refractivity contribution in [1.29, 1.82) is 0 Å². The zero-order valence-corrected chi connectivity index (χ0v) is 16.1. The van der Waals surface area contributed by atoms with Gasteiger partial charge >= 0.3 is 6.03 Å². The number of morpholine rings is 1.